The number of esters is 6. The number of unbranched alkanes of at least 4 members (excludes halogenated alkanes) is 60. The summed E-state index contributed by atoms with van der Waals surface area (Å²) in [5.74, 6) is -1.81. The molecule has 15 heteroatoms. The van der Waals surface area contributed by atoms with Crippen LogP contribution in [0.3, 0.4) is 0 Å². The van der Waals surface area contributed by atoms with E-state index in [4.69, 9.17) is 42.6 Å². The molecule has 129 heavy (non-hydrogen) atoms. The minimum Gasteiger partial charge on any atom is -0.462 e. The molecule has 3 aliphatic heterocycles. The zero-order valence-electron chi connectivity index (χ0n) is 85.4. The molecule has 15 nitrogen and oxygen atoms in total. The van der Waals surface area contributed by atoms with Gasteiger partial charge in [0.25, 0.3) is 0 Å². The fourth-order valence-electron chi connectivity index (χ4n) is 17.6. The first-order valence-electron chi connectivity index (χ1n) is 56.4. The minimum absolute atomic E-state index is 0.0806. The molecule has 0 aromatic carbocycles. The maximum absolute atomic E-state index is 12.9. The Labute approximate surface area is 795 Å². The lowest BCUT2D eigenvalue weighted by Crippen LogP contribution is -2.30. The molecule has 3 saturated heterocycles. The van der Waals surface area contributed by atoms with Gasteiger partial charge < -0.3 is 42.6 Å². The molecule has 0 aliphatic carbocycles. The van der Waals surface area contributed by atoms with Crippen LogP contribution in [0.15, 0.2) is 36.5 Å². The van der Waals surface area contributed by atoms with Gasteiger partial charge in [-0.3, -0.25) is 28.8 Å². The van der Waals surface area contributed by atoms with E-state index in [2.05, 4.69) is 78.0 Å². The van der Waals surface area contributed by atoms with Crippen LogP contribution < -0.4 is 0 Å². The largest absolute Gasteiger partial charge is 0.462 e. The van der Waals surface area contributed by atoms with Crippen LogP contribution in [0.25, 0.3) is 0 Å². The number of epoxide rings is 3. The van der Waals surface area contributed by atoms with Crippen molar-refractivity contribution in [3.05, 3.63) is 36.5 Å². The quantitative estimate of drug-likeness (QED) is 0.0183. The predicted octanol–water partition coefficient (Wildman–Crippen LogP) is 33.8. The molecular weight excluding hydrogens is 1610 g/mol. The van der Waals surface area contributed by atoms with Gasteiger partial charge in [0.15, 0.2) is 12.2 Å². The summed E-state index contributed by atoms with van der Waals surface area (Å²) in [7, 11) is 0. The van der Waals surface area contributed by atoms with E-state index in [9.17, 15) is 28.8 Å². The number of ether oxygens (including phenoxy) is 9. The first-order chi connectivity index (χ1) is 63.5. The van der Waals surface area contributed by atoms with Crippen molar-refractivity contribution < 1.29 is 71.4 Å². The van der Waals surface area contributed by atoms with Gasteiger partial charge in [0.2, 0.25) is 0 Å². The van der Waals surface area contributed by atoms with Crippen LogP contribution >= 0.6 is 0 Å². The van der Waals surface area contributed by atoms with E-state index in [0.717, 1.165) is 173 Å². The molecule has 6 unspecified atom stereocenters. The van der Waals surface area contributed by atoms with E-state index < -0.39 is 12.2 Å². The number of carbonyl (C=O) groups excluding carboxylic acids is 6. The molecule has 0 aromatic heterocycles. The predicted molar refractivity (Wildman–Crippen MR) is 539 cm³/mol. The summed E-state index contributed by atoms with van der Waals surface area (Å²) in [6.07, 6.45) is 111. The third kappa shape index (κ3) is 85.3. The highest BCUT2D eigenvalue weighted by Gasteiger charge is 2.39. The normalized spacial score (nSPS) is 16.6. The second kappa shape index (κ2) is 94.3. The van der Waals surface area contributed by atoms with Gasteiger partial charge in [-0.25, -0.2) is 0 Å². The average Bonchev–Trinajstić information content (AvgIpc) is 1.72. The van der Waals surface area contributed by atoms with Crippen LogP contribution in [0, 0.1) is 0 Å². The first-order valence-corrected chi connectivity index (χ1v) is 56.4. The van der Waals surface area contributed by atoms with E-state index in [1.807, 2.05) is 0 Å². The Morgan fingerprint density at radius 2 is 0.326 bits per heavy atom. The zero-order chi connectivity index (χ0) is 92.9. The maximum atomic E-state index is 12.9. The molecule has 3 aliphatic rings. The average molecular weight is 1820 g/mol. The van der Waals surface area contributed by atoms with Crippen LogP contribution in [0.4, 0.5) is 0 Å². The molecule has 6 atom stereocenters. The Balaban J connectivity index is 0.000000875. The number of rotatable bonds is 100. The van der Waals surface area contributed by atoms with Crippen molar-refractivity contribution in [2.24, 2.45) is 0 Å². The second-order valence-corrected chi connectivity index (χ2v) is 39.2. The van der Waals surface area contributed by atoms with Crippen molar-refractivity contribution in [2.45, 2.75) is 630 Å². The Morgan fingerprint density at radius 3 is 0.496 bits per heavy atom. The van der Waals surface area contributed by atoms with E-state index in [0.29, 0.717) is 75.1 Å². The van der Waals surface area contributed by atoms with E-state index in [1.165, 1.54) is 327 Å². The number of hydrogen-bond donors (Lipinski definition) is 0. The van der Waals surface area contributed by atoms with E-state index >= 15 is 0 Å². The topological polar surface area (TPSA) is 195 Å². The molecule has 0 N–H and O–H groups in total. The molecule has 0 spiro atoms. The van der Waals surface area contributed by atoms with Crippen molar-refractivity contribution >= 4 is 35.8 Å². The van der Waals surface area contributed by atoms with Crippen LogP contribution in [-0.4, -0.2) is 111 Å². The monoisotopic (exact) mass is 1820 g/mol. The second-order valence-electron chi connectivity index (χ2n) is 39.2. The standard InChI is InChI=1S/C57H104O9.C57H104O6/c1-4-7-10-13-19-28-37-49-52(64-49)40-31-22-16-25-34-43-55(58)61-46-48(63-57(60)45-36-27-18-24-33-42-54-51(66-54)39-30-21-15-12-9-6-3)47-62-56(59)44-35-26-17-23-32-41-53-50(65-53)38-29-20-14-11-8-5-2;1-4-7-10-13-16-19-22-25-28-31-34-37-40-43-46-49-55(58)61-52-54(63-57(60)51-48-45-42-39-36-33-30-27-24-21-18-15-12-9-6-3)53-62-56(59)50-47-44-41-38-35-32-29-26-23-20-17-14-11-8-5-2/h48-54H,4-47H2,1-3H3;25-30,54H,4-24,31-53H2,1-3H3/b;28-25+,29-26+,30-27+. The summed E-state index contributed by atoms with van der Waals surface area (Å²) >= 11 is 0. The van der Waals surface area contributed by atoms with Crippen molar-refractivity contribution in [2.75, 3.05) is 26.4 Å². The fraction of sp³-hybridized carbons (Fsp3) is 0.895. The molecule has 3 fully saturated rings. The molecular formula is C114H208O15. The van der Waals surface area contributed by atoms with Crippen LogP contribution in [-0.2, 0) is 71.4 Å². The summed E-state index contributed by atoms with van der Waals surface area (Å²) in [6, 6.07) is 0. The van der Waals surface area contributed by atoms with Crippen LogP contribution in [0.1, 0.15) is 581 Å². The summed E-state index contributed by atoms with van der Waals surface area (Å²) in [5.41, 5.74) is 0. The molecule has 3 heterocycles. The minimum atomic E-state index is -0.794. The number of allylic oxidation sites excluding steroid dienone is 6. The molecule has 0 radical (unpaired) electrons. The molecule has 0 saturated carbocycles. The molecule has 0 amide bonds. The smallest absolute Gasteiger partial charge is 0.306 e. The van der Waals surface area contributed by atoms with E-state index in [-0.39, 0.29) is 62.2 Å². The van der Waals surface area contributed by atoms with Crippen molar-refractivity contribution in [1.82, 2.24) is 0 Å². The van der Waals surface area contributed by atoms with Gasteiger partial charge >= 0.3 is 35.8 Å². The fourth-order valence-corrected chi connectivity index (χ4v) is 17.6. The van der Waals surface area contributed by atoms with Gasteiger partial charge in [-0.1, -0.05) is 425 Å². The maximum Gasteiger partial charge on any atom is 0.306 e. The Bertz CT molecular complexity index is 2470. The van der Waals surface area contributed by atoms with Gasteiger partial charge in [0.05, 0.1) is 36.6 Å². The SMILES string of the molecule is CCCCCCCC/C=C/CCCCCCCC(=O)OCC(COC(=O)CCCCCCC/C=C/CCCCCCCC)OC(=O)CCCCCCC/C=C/CCCCCCCC.CCCCCCCCC1OC1CCCCCCCC(=O)OCC(COC(=O)CCCCCCCC1OC1CCCCCCCC)OC(=O)CCCCCCCC1OC1CCCCCCCC. The van der Waals surface area contributed by atoms with Gasteiger partial charge in [-0.2, -0.15) is 0 Å². The van der Waals surface area contributed by atoms with Crippen molar-refractivity contribution in [3.8, 4) is 0 Å². The highest BCUT2D eigenvalue weighted by Crippen LogP contribution is 2.35. The lowest BCUT2D eigenvalue weighted by molar-refractivity contribution is -0.167. The van der Waals surface area contributed by atoms with Gasteiger partial charge in [0.1, 0.15) is 26.4 Å². The molecule has 0 bridgehead atoms. The van der Waals surface area contributed by atoms with Crippen molar-refractivity contribution in [3.63, 3.8) is 0 Å². The van der Waals surface area contributed by atoms with Gasteiger partial charge in [-0.05, 0) is 154 Å². The Kier molecular flexibility index (Phi) is 88.4. The number of carbonyl (C=O) groups is 6. The van der Waals surface area contributed by atoms with Crippen LogP contribution in [0.5, 0.6) is 0 Å². The Hall–Kier alpha value is -4.08. The number of hydrogen-bond acceptors (Lipinski definition) is 15. The van der Waals surface area contributed by atoms with E-state index in [1.54, 1.807) is 0 Å². The zero-order valence-corrected chi connectivity index (χ0v) is 85.4. The lowest BCUT2D eigenvalue weighted by atomic mass is 10.0. The molecule has 0 aromatic rings. The summed E-state index contributed by atoms with van der Waals surface area (Å²) in [6.45, 7) is 13.2. The Morgan fingerprint density at radius 1 is 0.186 bits per heavy atom. The van der Waals surface area contributed by atoms with Crippen molar-refractivity contribution in [1.29, 1.82) is 0 Å². The summed E-state index contributed by atoms with van der Waals surface area (Å²) < 4.78 is 51.4. The highest BCUT2D eigenvalue weighted by molar-refractivity contribution is 5.72. The summed E-state index contributed by atoms with van der Waals surface area (Å²) in [5, 5.41) is 0. The molecule has 754 valence electrons. The van der Waals surface area contributed by atoms with Crippen LogP contribution in [0.2, 0.25) is 0 Å². The van der Waals surface area contributed by atoms with Gasteiger partial charge in [-0.15, -0.1) is 0 Å². The highest BCUT2D eigenvalue weighted by atomic mass is 16.6. The summed E-state index contributed by atoms with van der Waals surface area (Å²) in [4.78, 5) is 76.3. The molecule has 3 rings (SSSR count). The lowest BCUT2D eigenvalue weighted by Gasteiger charge is -2.18. The van der Waals surface area contributed by atoms with Gasteiger partial charge in [0, 0.05) is 38.5 Å². The third-order valence-corrected chi connectivity index (χ3v) is 26.4. The third-order valence-electron chi connectivity index (χ3n) is 26.4. The first kappa shape index (κ1) is 121.